The van der Waals surface area contributed by atoms with Gasteiger partial charge in [-0.3, -0.25) is 0 Å². The lowest BCUT2D eigenvalue weighted by Crippen LogP contribution is -2.14. The number of hydrogen-bond acceptors (Lipinski definition) is 1. The summed E-state index contributed by atoms with van der Waals surface area (Å²) in [5, 5.41) is 10.2. The normalized spacial score (nSPS) is 12.8. The van der Waals surface area contributed by atoms with E-state index in [1.807, 2.05) is 0 Å². The van der Waals surface area contributed by atoms with Crippen LogP contribution in [0.3, 0.4) is 0 Å². The fourth-order valence-electron chi connectivity index (χ4n) is 10.5. The first-order chi connectivity index (χ1) is 30.5. The minimum absolute atomic E-state index is 0.0522. The Hall–Kier alpha value is -7.74. The molecule has 11 aromatic rings. The molecule has 0 heterocycles. The molecule has 12 rings (SSSR count). The molecule has 0 atom stereocenters. The molecule has 0 unspecified atom stereocenters. The van der Waals surface area contributed by atoms with Crippen LogP contribution in [0.4, 0.5) is 17.1 Å². The maximum absolute atomic E-state index is 2.44. The number of rotatable bonds is 6. The number of fused-ring (bicyclic) bond motifs is 10. The van der Waals surface area contributed by atoms with Crippen LogP contribution in [0.1, 0.15) is 25.0 Å². The predicted molar refractivity (Wildman–Crippen MR) is 265 cm³/mol. The molecule has 0 N–H and O–H groups in total. The van der Waals surface area contributed by atoms with Gasteiger partial charge in [-0.15, -0.1) is 0 Å². The molecule has 0 aliphatic heterocycles. The van der Waals surface area contributed by atoms with E-state index < -0.39 is 0 Å². The Morgan fingerprint density at radius 2 is 0.903 bits per heavy atom. The average Bonchev–Trinajstić information content (AvgIpc) is 3.57. The van der Waals surface area contributed by atoms with Crippen molar-refractivity contribution < 1.29 is 0 Å². The zero-order valence-electron chi connectivity index (χ0n) is 34.8. The average molecular weight is 790 g/mol. The van der Waals surface area contributed by atoms with Crippen molar-refractivity contribution in [2.24, 2.45) is 0 Å². The molecule has 292 valence electrons. The van der Waals surface area contributed by atoms with Gasteiger partial charge in [0.2, 0.25) is 0 Å². The molecule has 0 aromatic heterocycles. The van der Waals surface area contributed by atoms with Crippen molar-refractivity contribution in [2.45, 2.75) is 19.3 Å². The molecule has 62 heavy (non-hydrogen) atoms. The van der Waals surface area contributed by atoms with Crippen molar-refractivity contribution in [2.75, 3.05) is 4.90 Å². The first kappa shape index (κ1) is 36.1. The molecule has 1 aliphatic rings. The number of para-hydroxylation sites is 1. The molecule has 0 fully saturated rings. The summed E-state index contributed by atoms with van der Waals surface area (Å²) in [6.07, 6.45) is 0. The van der Waals surface area contributed by atoms with E-state index in [0.717, 1.165) is 17.1 Å². The van der Waals surface area contributed by atoms with Gasteiger partial charge in [0.1, 0.15) is 0 Å². The molecule has 1 heteroatoms. The van der Waals surface area contributed by atoms with Gasteiger partial charge in [0, 0.05) is 22.4 Å². The maximum atomic E-state index is 2.44. The molecule has 11 aromatic carbocycles. The first-order valence-corrected chi connectivity index (χ1v) is 21.7. The minimum atomic E-state index is -0.0522. The molecule has 1 nitrogen and oxygen atoms in total. The predicted octanol–water partition coefficient (Wildman–Crippen LogP) is 17.1. The van der Waals surface area contributed by atoms with Gasteiger partial charge in [0.25, 0.3) is 0 Å². The number of hydrogen-bond donors (Lipinski definition) is 0. The van der Waals surface area contributed by atoms with E-state index in [-0.39, 0.29) is 5.41 Å². The summed E-state index contributed by atoms with van der Waals surface area (Å²) in [7, 11) is 0. The highest BCUT2D eigenvalue weighted by Crippen LogP contribution is 2.52. The second-order valence-corrected chi connectivity index (χ2v) is 17.2. The molecular weight excluding hydrogens is 747 g/mol. The quantitative estimate of drug-likeness (QED) is 0.152. The van der Waals surface area contributed by atoms with Crippen LogP contribution >= 0.6 is 0 Å². The molecule has 0 bridgehead atoms. The summed E-state index contributed by atoms with van der Waals surface area (Å²) in [6, 6.07) is 82.9. The Morgan fingerprint density at radius 3 is 1.74 bits per heavy atom. The highest BCUT2D eigenvalue weighted by atomic mass is 15.1. The van der Waals surface area contributed by atoms with E-state index in [9.17, 15) is 0 Å². The van der Waals surface area contributed by atoms with E-state index in [2.05, 4.69) is 243 Å². The van der Waals surface area contributed by atoms with Crippen LogP contribution in [0.25, 0.3) is 87.6 Å². The molecule has 1 aliphatic carbocycles. The van der Waals surface area contributed by atoms with Gasteiger partial charge in [-0.25, -0.2) is 0 Å². The summed E-state index contributed by atoms with van der Waals surface area (Å²) >= 11 is 0. The third kappa shape index (κ3) is 5.62. The first-order valence-electron chi connectivity index (χ1n) is 21.7. The smallest absolute Gasteiger partial charge is 0.0540 e. The van der Waals surface area contributed by atoms with Crippen LogP contribution in [0.5, 0.6) is 0 Å². The van der Waals surface area contributed by atoms with Gasteiger partial charge in [0.05, 0.1) is 5.69 Å². The lowest BCUT2D eigenvalue weighted by atomic mass is 9.82. The van der Waals surface area contributed by atoms with Crippen LogP contribution in [0.2, 0.25) is 0 Å². The Kier molecular flexibility index (Phi) is 8.27. The van der Waals surface area contributed by atoms with Crippen molar-refractivity contribution in [3.8, 4) is 44.5 Å². The zero-order chi connectivity index (χ0) is 41.4. The Bertz CT molecular complexity index is 3540. The Morgan fingerprint density at radius 1 is 0.323 bits per heavy atom. The van der Waals surface area contributed by atoms with E-state index in [0.29, 0.717) is 0 Å². The van der Waals surface area contributed by atoms with Crippen LogP contribution in [0, 0.1) is 0 Å². The third-order valence-electron chi connectivity index (χ3n) is 13.4. The molecule has 0 saturated carbocycles. The van der Waals surface area contributed by atoms with E-state index in [1.54, 1.807) is 0 Å². The van der Waals surface area contributed by atoms with Gasteiger partial charge in [0.15, 0.2) is 0 Å². The molecule has 0 amide bonds. The Balaban J connectivity index is 1.04. The topological polar surface area (TPSA) is 3.24 Å². The third-order valence-corrected chi connectivity index (χ3v) is 13.4. The van der Waals surface area contributed by atoms with Crippen LogP contribution in [0.15, 0.2) is 224 Å². The van der Waals surface area contributed by atoms with Gasteiger partial charge in [-0.2, -0.15) is 0 Å². The van der Waals surface area contributed by atoms with Gasteiger partial charge < -0.3 is 4.90 Å². The summed E-state index contributed by atoms with van der Waals surface area (Å²) in [6.45, 7) is 4.70. The monoisotopic (exact) mass is 789 g/mol. The summed E-state index contributed by atoms with van der Waals surface area (Å²) in [5.74, 6) is 0. The van der Waals surface area contributed by atoms with E-state index in [1.165, 1.54) is 98.7 Å². The van der Waals surface area contributed by atoms with Crippen LogP contribution in [-0.2, 0) is 5.41 Å². The van der Waals surface area contributed by atoms with Gasteiger partial charge in [-0.1, -0.05) is 202 Å². The Labute approximate surface area is 362 Å². The number of anilines is 3. The lowest BCUT2D eigenvalue weighted by molar-refractivity contribution is 0.660. The minimum Gasteiger partial charge on any atom is -0.310 e. The number of nitrogens with zero attached hydrogens (tertiary/aromatic N) is 1. The van der Waals surface area contributed by atoms with Gasteiger partial charge >= 0.3 is 0 Å². The van der Waals surface area contributed by atoms with Crippen molar-refractivity contribution in [1.82, 2.24) is 0 Å². The summed E-state index contributed by atoms with van der Waals surface area (Å²) in [5.41, 5.74) is 16.0. The molecule has 0 saturated heterocycles. The fourth-order valence-corrected chi connectivity index (χ4v) is 10.5. The zero-order valence-corrected chi connectivity index (χ0v) is 34.8. The van der Waals surface area contributed by atoms with E-state index in [4.69, 9.17) is 0 Å². The highest BCUT2D eigenvalue weighted by Gasteiger charge is 2.36. The molecule has 0 spiro atoms. The highest BCUT2D eigenvalue weighted by molar-refractivity contribution is 6.29. The van der Waals surface area contributed by atoms with Crippen LogP contribution in [-0.4, -0.2) is 0 Å². The summed E-state index contributed by atoms with van der Waals surface area (Å²) in [4.78, 5) is 2.44. The largest absolute Gasteiger partial charge is 0.310 e. The number of benzene rings is 11. The lowest BCUT2D eigenvalue weighted by Gasteiger charge is -2.28. The van der Waals surface area contributed by atoms with Crippen molar-refractivity contribution >= 4 is 60.2 Å². The second kappa shape index (κ2) is 14.2. The van der Waals surface area contributed by atoms with Crippen molar-refractivity contribution in [3.63, 3.8) is 0 Å². The van der Waals surface area contributed by atoms with Gasteiger partial charge in [-0.05, 0) is 130 Å². The standard InChI is InChI=1S/C61H43N/c1-61(2)55-27-12-10-25-53(55)60-50(26-15-28-56(60)61)42-34-36-46(37-35-42)62(57-29-13-11-21-48(57)40-16-4-3-5-17-40)47-20-14-19-44(38-47)54-39-45-33-32-43-31-30-41-18-6-7-22-49(41)58(43)59(45)52-24-9-8-23-51(52)54/h3-39H,1-2H3. The van der Waals surface area contributed by atoms with E-state index >= 15 is 0 Å². The molecule has 0 radical (unpaired) electrons. The summed E-state index contributed by atoms with van der Waals surface area (Å²) < 4.78 is 0. The fraction of sp³-hybridized carbons (Fsp3) is 0.0492. The van der Waals surface area contributed by atoms with Crippen molar-refractivity contribution in [3.05, 3.63) is 236 Å². The second-order valence-electron chi connectivity index (χ2n) is 17.2. The maximum Gasteiger partial charge on any atom is 0.0540 e. The van der Waals surface area contributed by atoms with Crippen molar-refractivity contribution in [1.29, 1.82) is 0 Å². The molecular formula is C61H43N. The SMILES string of the molecule is CC1(C)c2ccccc2-c2c(-c3ccc(N(c4cccc(-c5cc6ccc7ccc8ccccc8c7c6c6ccccc56)c4)c4ccccc4-c4ccccc4)cc3)cccc21. The van der Waals surface area contributed by atoms with Crippen LogP contribution < -0.4 is 4.90 Å².